The molecule has 2 aromatic heterocycles. The highest BCUT2D eigenvalue weighted by Gasteiger charge is 2.19. The van der Waals surface area contributed by atoms with E-state index in [-0.39, 0.29) is 46.5 Å². The Labute approximate surface area is 273 Å². The van der Waals surface area contributed by atoms with Crippen LogP contribution in [0.4, 0.5) is 61.0 Å². The van der Waals surface area contributed by atoms with Crippen molar-refractivity contribution in [1.82, 2.24) is 19.9 Å². The maximum atomic E-state index is 12.8. The molecular formula is C28H22N12O7S. The summed E-state index contributed by atoms with van der Waals surface area (Å²) in [6.45, 7) is 1.40. The van der Waals surface area contributed by atoms with E-state index in [1.54, 1.807) is 29.6 Å². The molecule has 2 heterocycles. The third-order valence-electron chi connectivity index (χ3n) is 6.01. The van der Waals surface area contributed by atoms with Crippen LogP contribution in [0, 0.1) is 20.2 Å². The van der Waals surface area contributed by atoms with Crippen molar-refractivity contribution in [1.29, 1.82) is 0 Å². The molecule has 0 radical (unpaired) electrons. The van der Waals surface area contributed by atoms with Crippen LogP contribution in [0.3, 0.4) is 0 Å². The number of carbonyl (C=O) groups is 3. The second-order valence-corrected chi connectivity index (χ2v) is 10.3. The molecule has 0 atom stereocenters. The molecule has 0 aliphatic carbocycles. The van der Waals surface area contributed by atoms with Crippen molar-refractivity contribution in [3.63, 3.8) is 0 Å². The molecule has 0 aliphatic rings. The first kappa shape index (κ1) is 32.3. The van der Waals surface area contributed by atoms with E-state index < -0.39 is 21.9 Å². The molecular weight excluding hydrogens is 648 g/mol. The van der Waals surface area contributed by atoms with Crippen molar-refractivity contribution >= 4 is 80.7 Å². The molecule has 3 aromatic carbocycles. The molecule has 20 heteroatoms. The number of anilines is 7. The molecule has 48 heavy (non-hydrogen) atoms. The van der Waals surface area contributed by atoms with Crippen molar-refractivity contribution in [2.45, 2.75) is 6.92 Å². The summed E-state index contributed by atoms with van der Waals surface area (Å²) in [5.41, 5.74) is 1.02. The van der Waals surface area contributed by atoms with E-state index in [1.165, 1.54) is 66.8 Å². The fourth-order valence-electron chi connectivity index (χ4n) is 4.02. The monoisotopic (exact) mass is 670 g/mol. The Bertz CT molecular complexity index is 1950. The first-order chi connectivity index (χ1) is 23.0. The number of thiazole rings is 1. The third-order valence-corrected chi connectivity index (χ3v) is 6.77. The van der Waals surface area contributed by atoms with Gasteiger partial charge in [-0.1, -0.05) is 36.4 Å². The summed E-state index contributed by atoms with van der Waals surface area (Å²) < 4.78 is 0. The number of benzene rings is 3. The van der Waals surface area contributed by atoms with Gasteiger partial charge < -0.3 is 16.0 Å². The Morgan fingerprint density at radius 3 is 1.65 bits per heavy atom. The Hall–Kier alpha value is -7.09. The van der Waals surface area contributed by atoms with Gasteiger partial charge in [0.1, 0.15) is 11.4 Å². The summed E-state index contributed by atoms with van der Waals surface area (Å²) in [4.78, 5) is 75.0. The fourth-order valence-corrected chi connectivity index (χ4v) is 4.73. The predicted octanol–water partition coefficient (Wildman–Crippen LogP) is 5.80. The van der Waals surface area contributed by atoms with E-state index in [2.05, 4.69) is 51.8 Å². The van der Waals surface area contributed by atoms with Gasteiger partial charge in [-0.25, -0.2) is 14.6 Å². The Kier molecular flexibility index (Phi) is 9.65. The Morgan fingerprint density at radius 2 is 1.15 bits per heavy atom. The highest BCUT2D eigenvalue weighted by atomic mass is 32.1. The zero-order valence-corrected chi connectivity index (χ0v) is 25.3. The van der Waals surface area contributed by atoms with E-state index in [9.17, 15) is 34.6 Å². The molecule has 5 aromatic rings. The van der Waals surface area contributed by atoms with Crippen LogP contribution in [0.25, 0.3) is 11.3 Å². The lowest BCUT2D eigenvalue weighted by atomic mass is 10.1. The summed E-state index contributed by atoms with van der Waals surface area (Å²) in [5.74, 6) is -1.14. The van der Waals surface area contributed by atoms with E-state index in [0.717, 1.165) is 5.56 Å². The number of hydrogen-bond donors (Lipinski definition) is 6. The molecule has 0 saturated heterocycles. The van der Waals surface area contributed by atoms with Gasteiger partial charge in [0.15, 0.2) is 5.13 Å². The van der Waals surface area contributed by atoms with Gasteiger partial charge in [0.25, 0.3) is 11.4 Å². The van der Waals surface area contributed by atoms with Gasteiger partial charge in [-0.15, -0.1) is 11.3 Å². The number of para-hydroxylation sites is 4. The average molecular weight is 671 g/mol. The van der Waals surface area contributed by atoms with Gasteiger partial charge in [0.2, 0.25) is 23.8 Å². The van der Waals surface area contributed by atoms with Crippen LogP contribution in [0.15, 0.2) is 78.2 Å². The minimum absolute atomic E-state index is 0.102. The number of hydrogen-bond acceptors (Lipinski definition) is 13. The Morgan fingerprint density at radius 1 is 0.646 bits per heavy atom. The van der Waals surface area contributed by atoms with E-state index >= 15 is 0 Å². The number of aromatic nitrogens is 4. The molecule has 5 rings (SSSR count). The minimum atomic E-state index is -0.948. The first-order valence-electron chi connectivity index (χ1n) is 13.5. The first-order valence-corrected chi connectivity index (χ1v) is 14.4. The average Bonchev–Trinajstić information content (AvgIpc) is 3.49. The van der Waals surface area contributed by atoms with Crippen molar-refractivity contribution in [3.8, 4) is 11.3 Å². The molecule has 6 N–H and O–H groups in total. The SMILES string of the molecule is CC(=O)Nc1ccc(-c2csc(Nc3nc(NC(=O)Nc4ccccc4[N+](=O)[O-])nc(NC(=O)Nc4ccccc4[N+](=O)[O-])n3)n2)cc1. The lowest BCUT2D eigenvalue weighted by Crippen LogP contribution is -2.24. The van der Waals surface area contributed by atoms with E-state index in [0.29, 0.717) is 16.5 Å². The standard InChI is InChI=1S/C28H22N12O7S/c1-15(41)29-17-12-10-16(11-13-17)20-14-48-28(32-20)38-25-34-23(36-26(42)30-18-6-2-4-8-21(18)39(44)45)33-24(35-25)37-27(43)31-19-7-3-5-9-22(19)40(46)47/h2-14H,1H3,(H,29,41)(H5,30,31,32,33,34,35,36,37,38,42,43). The fraction of sp³-hybridized carbons (Fsp3) is 0.0357. The van der Waals surface area contributed by atoms with Gasteiger partial charge in [-0.2, -0.15) is 15.0 Å². The van der Waals surface area contributed by atoms with Crippen LogP contribution in [-0.4, -0.2) is 47.8 Å². The Balaban J connectivity index is 1.38. The maximum absolute atomic E-state index is 12.8. The number of amides is 5. The number of rotatable bonds is 10. The van der Waals surface area contributed by atoms with Crippen molar-refractivity contribution in [2.75, 3.05) is 31.9 Å². The van der Waals surface area contributed by atoms with Crippen LogP contribution < -0.4 is 31.9 Å². The molecule has 242 valence electrons. The zero-order valence-electron chi connectivity index (χ0n) is 24.5. The van der Waals surface area contributed by atoms with E-state index in [4.69, 9.17) is 0 Å². The van der Waals surface area contributed by atoms with Crippen LogP contribution in [0.2, 0.25) is 0 Å². The van der Waals surface area contributed by atoms with Crippen LogP contribution in [0.5, 0.6) is 0 Å². The van der Waals surface area contributed by atoms with Gasteiger partial charge in [-0.3, -0.25) is 41.0 Å². The summed E-state index contributed by atoms with van der Waals surface area (Å²) in [6, 6.07) is 16.0. The largest absolute Gasteiger partial charge is 0.326 e. The number of nitro groups is 2. The smallest absolute Gasteiger partial charge is 0.326 e. The van der Waals surface area contributed by atoms with Crippen LogP contribution >= 0.6 is 11.3 Å². The van der Waals surface area contributed by atoms with Crippen molar-refractivity contribution in [3.05, 3.63) is 98.4 Å². The normalized spacial score (nSPS) is 10.4. The number of nitrogens with zero attached hydrogens (tertiary/aromatic N) is 6. The quantitative estimate of drug-likeness (QED) is 0.0760. The van der Waals surface area contributed by atoms with Gasteiger partial charge in [0.05, 0.1) is 15.5 Å². The highest BCUT2D eigenvalue weighted by molar-refractivity contribution is 7.14. The van der Waals surface area contributed by atoms with Crippen molar-refractivity contribution in [2.24, 2.45) is 0 Å². The molecule has 0 fully saturated rings. The van der Waals surface area contributed by atoms with Crippen LogP contribution in [0.1, 0.15) is 6.92 Å². The number of nitrogens with one attached hydrogen (secondary N) is 6. The van der Waals surface area contributed by atoms with Crippen LogP contribution in [-0.2, 0) is 4.79 Å². The summed E-state index contributed by atoms with van der Waals surface area (Å²) >= 11 is 1.19. The number of urea groups is 2. The molecule has 0 bridgehead atoms. The maximum Gasteiger partial charge on any atom is 0.326 e. The molecule has 19 nitrogen and oxygen atoms in total. The lowest BCUT2D eigenvalue weighted by Gasteiger charge is -2.11. The minimum Gasteiger partial charge on any atom is -0.326 e. The molecule has 0 aliphatic heterocycles. The highest BCUT2D eigenvalue weighted by Crippen LogP contribution is 2.28. The molecule has 0 saturated carbocycles. The third kappa shape index (κ3) is 8.33. The predicted molar refractivity (Wildman–Crippen MR) is 176 cm³/mol. The lowest BCUT2D eigenvalue weighted by molar-refractivity contribution is -0.384. The van der Waals surface area contributed by atoms with Gasteiger partial charge in [0, 0.05) is 35.7 Å². The molecule has 0 spiro atoms. The topological polar surface area (TPSA) is 261 Å². The molecule has 0 unspecified atom stereocenters. The summed E-state index contributed by atoms with van der Waals surface area (Å²) in [7, 11) is 0. The van der Waals surface area contributed by atoms with Gasteiger partial charge in [-0.05, 0) is 24.3 Å². The van der Waals surface area contributed by atoms with Gasteiger partial charge >= 0.3 is 12.1 Å². The molecule has 5 amide bonds. The summed E-state index contributed by atoms with van der Waals surface area (Å²) in [6.07, 6.45) is 0. The second-order valence-electron chi connectivity index (χ2n) is 9.43. The number of nitro benzene ring substituents is 2. The summed E-state index contributed by atoms with van der Waals surface area (Å²) in [5, 5.41) is 39.7. The van der Waals surface area contributed by atoms with E-state index in [1.807, 2.05) is 0 Å². The zero-order chi connectivity index (χ0) is 34.2. The second kappa shape index (κ2) is 14.3. The van der Waals surface area contributed by atoms with Crippen molar-refractivity contribution < 1.29 is 24.2 Å². The number of carbonyl (C=O) groups excluding carboxylic acids is 3.